The Balaban J connectivity index is 2.84. The van der Waals surface area contributed by atoms with Gasteiger partial charge in [-0.3, -0.25) is 0 Å². The van der Waals surface area contributed by atoms with Gasteiger partial charge in [-0.1, -0.05) is 19.9 Å². The van der Waals surface area contributed by atoms with Crippen molar-refractivity contribution in [3.05, 3.63) is 24.3 Å². The topological polar surface area (TPSA) is 67.6 Å². The second-order valence-corrected chi connectivity index (χ2v) is 4.86. The number of carbonyl (C=O) groups is 1. The summed E-state index contributed by atoms with van der Waals surface area (Å²) in [5.41, 5.74) is 6.27. The maximum atomic E-state index is 12.4. The highest BCUT2D eigenvalue weighted by atomic mass is 16.5. The van der Waals surface area contributed by atoms with Crippen LogP contribution in [0, 0.1) is 0 Å². The first-order valence-corrected chi connectivity index (χ1v) is 6.92. The van der Waals surface area contributed by atoms with E-state index in [4.69, 9.17) is 10.5 Å². The first kappa shape index (κ1) is 16.3. The molecule has 20 heavy (non-hydrogen) atoms. The van der Waals surface area contributed by atoms with Crippen molar-refractivity contribution < 1.29 is 9.53 Å². The van der Waals surface area contributed by atoms with E-state index in [1.807, 2.05) is 32.0 Å². The summed E-state index contributed by atoms with van der Waals surface area (Å²) in [5, 5.41) is 2.88. The van der Waals surface area contributed by atoms with Gasteiger partial charge in [0.05, 0.1) is 12.6 Å². The number of ether oxygens (including phenoxy) is 1. The van der Waals surface area contributed by atoms with Crippen molar-refractivity contribution >= 4 is 11.7 Å². The first-order chi connectivity index (χ1) is 9.52. The number of nitrogens with zero attached hydrogens (tertiary/aromatic N) is 1. The number of hydrogen-bond acceptors (Lipinski definition) is 3. The average Bonchev–Trinajstić information content (AvgIpc) is 2.49. The van der Waals surface area contributed by atoms with Gasteiger partial charge in [0.25, 0.3) is 0 Å². The molecule has 0 aliphatic heterocycles. The lowest BCUT2D eigenvalue weighted by molar-refractivity contribution is 0.140. The molecule has 0 fully saturated rings. The van der Waals surface area contributed by atoms with Gasteiger partial charge in [0.1, 0.15) is 5.75 Å². The van der Waals surface area contributed by atoms with Crippen LogP contribution in [0.4, 0.5) is 10.5 Å². The number of hydrogen-bond donors (Lipinski definition) is 2. The molecule has 112 valence electrons. The van der Waals surface area contributed by atoms with Crippen LogP contribution in [0.3, 0.4) is 0 Å². The Morgan fingerprint density at radius 1 is 1.40 bits per heavy atom. The lowest BCUT2D eigenvalue weighted by Gasteiger charge is -2.39. The number of methoxy groups -OCH3 is 1. The lowest BCUT2D eigenvalue weighted by atomic mass is 9.91. The summed E-state index contributed by atoms with van der Waals surface area (Å²) in [5.74, 6) is 0.710. The Labute approximate surface area is 121 Å². The Hall–Kier alpha value is -1.75. The van der Waals surface area contributed by atoms with Crippen molar-refractivity contribution in [2.75, 3.05) is 26.0 Å². The molecule has 1 aromatic rings. The van der Waals surface area contributed by atoms with Gasteiger partial charge in [-0.2, -0.15) is 0 Å². The molecule has 0 spiro atoms. The zero-order valence-corrected chi connectivity index (χ0v) is 12.8. The number of anilines is 1. The maximum Gasteiger partial charge on any atom is 0.322 e. The van der Waals surface area contributed by atoms with Crippen molar-refractivity contribution in [3.8, 4) is 5.75 Å². The summed E-state index contributed by atoms with van der Waals surface area (Å²) in [4.78, 5) is 14.1. The van der Waals surface area contributed by atoms with E-state index in [0.29, 0.717) is 18.0 Å². The van der Waals surface area contributed by atoms with Crippen LogP contribution in [-0.2, 0) is 0 Å². The molecular weight excluding hydrogens is 254 g/mol. The predicted octanol–water partition coefficient (Wildman–Crippen LogP) is 2.68. The van der Waals surface area contributed by atoms with E-state index >= 15 is 0 Å². The lowest BCUT2D eigenvalue weighted by Crippen LogP contribution is -2.55. The van der Waals surface area contributed by atoms with Crippen LogP contribution >= 0.6 is 0 Å². The molecule has 0 heterocycles. The van der Waals surface area contributed by atoms with Gasteiger partial charge >= 0.3 is 6.03 Å². The van der Waals surface area contributed by atoms with E-state index in [1.54, 1.807) is 25.1 Å². The Morgan fingerprint density at radius 3 is 2.55 bits per heavy atom. The third-order valence-corrected chi connectivity index (χ3v) is 4.03. The van der Waals surface area contributed by atoms with Crippen LogP contribution in [-0.4, -0.2) is 37.2 Å². The van der Waals surface area contributed by atoms with Crippen molar-refractivity contribution in [2.24, 2.45) is 5.73 Å². The van der Waals surface area contributed by atoms with E-state index in [-0.39, 0.29) is 11.6 Å². The van der Waals surface area contributed by atoms with Crippen LogP contribution < -0.4 is 15.8 Å². The van der Waals surface area contributed by atoms with Crippen LogP contribution in [0.1, 0.15) is 26.7 Å². The highest BCUT2D eigenvalue weighted by Crippen LogP contribution is 2.23. The summed E-state index contributed by atoms with van der Waals surface area (Å²) in [7, 11) is 3.38. The quantitative estimate of drug-likeness (QED) is 0.841. The van der Waals surface area contributed by atoms with Crippen molar-refractivity contribution in [3.63, 3.8) is 0 Å². The molecule has 0 aliphatic rings. The van der Waals surface area contributed by atoms with Crippen LogP contribution in [0.25, 0.3) is 0 Å². The minimum atomic E-state index is -0.303. The fourth-order valence-electron chi connectivity index (χ4n) is 2.27. The number of likely N-dealkylation sites (N-methyl/N-ethyl adjacent to an activating group) is 1. The van der Waals surface area contributed by atoms with Gasteiger partial charge in [-0.15, -0.1) is 0 Å². The fourth-order valence-corrected chi connectivity index (χ4v) is 2.27. The monoisotopic (exact) mass is 279 g/mol. The largest absolute Gasteiger partial charge is 0.497 e. The minimum Gasteiger partial charge on any atom is -0.497 e. The molecule has 0 saturated heterocycles. The normalized spacial score (nSPS) is 11.1. The van der Waals surface area contributed by atoms with Crippen LogP contribution in [0.5, 0.6) is 5.75 Å². The number of nitrogens with one attached hydrogen (secondary N) is 1. The summed E-state index contributed by atoms with van der Waals surface area (Å²) >= 11 is 0. The number of benzene rings is 1. The van der Waals surface area contributed by atoms with E-state index in [1.165, 1.54) is 0 Å². The predicted molar refractivity (Wildman–Crippen MR) is 82.1 cm³/mol. The molecule has 1 rings (SSSR count). The minimum absolute atomic E-state index is 0.160. The number of amides is 2. The van der Waals surface area contributed by atoms with Crippen LogP contribution in [0.15, 0.2) is 24.3 Å². The molecule has 0 unspecified atom stereocenters. The van der Waals surface area contributed by atoms with Gasteiger partial charge in [0.15, 0.2) is 0 Å². The highest BCUT2D eigenvalue weighted by Gasteiger charge is 2.32. The highest BCUT2D eigenvalue weighted by molar-refractivity contribution is 5.89. The molecular formula is C15H25N3O2. The zero-order valence-electron chi connectivity index (χ0n) is 12.8. The Morgan fingerprint density at radius 2 is 2.05 bits per heavy atom. The van der Waals surface area contributed by atoms with Crippen molar-refractivity contribution in [2.45, 2.75) is 32.2 Å². The zero-order chi connectivity index (χ0) is 15.2. The van der Waals surface area contributed by atoms with Crippen molar-refractivity contribution in [1.29, 1.82) is 0 Å². The number of urea groups is 1. The molecule has 5 heteroatoms. The van der Waals surface area contributed by atoms with E-state index < -0.39 is 0 Å². The summed E-state index contributed by atoms with van der Waals surface area (Å²) in [6, 6.07) is 7.13. The molecule has 5 nitrogen and oxygen atoms in total. The Bertz CT molecular complexity index is 436. The summed E-state index contributed by atoms with van der Waals surface area (Å²) < 4.78 is 5.14. The molecule has 2 amide bonds. The average molecular weight is 279 g/mol. The summed E-state index contributed by atoms with van der Waals surface area (Å²) in [6.07, 6.45) is 1.64. The van der Waals surface area contributed by atoms with Crippen molar-refractivity contribution in [1.82, 2.24) is 4.90 Å². The second-order valence-electron chi connectivity index (χ2n) is 4.86. The number of carbonyl (C=O) groups excluding carboxylic acids is 1. The van der Waals surface area contributed by atoms with E-state index in [0.717, 1.165) is 12.8 Å². The van der Waals surface area contributed by atoms with Gasteiger partial charge in [-0.05, 0) is 25.0 Å². The maximum absolute atomic E-state index is 12.4. The second kappa shape index (κ2) is 7.14. The van der Waals surface area contributed by atoms with Crippen LogP contribution in [0.2, 0.25) is 0 Å². The molecule has 1 aromatic carbocycles. The Kier molecular flexibility index (Phi) is 5.82. The number of nitrogens with two attached hydrogens (primary N) is 1. The van der Waals surface area contributed by atoms with Gasteiger partial charge in [-0.25, -0.2) is 4.79 Å². The first-order valence-electron chi connectivity index (χ1n) is 6.92. The van der Waals surface area contributed by atoms with Gasteiger partial charge in [0.2, 0.25) is 0 Å². The third kappa shape index (κ3) is 3.42. The van der Waals surface area contributed by atoms with Gasteiger partial charge < -0.3 is 20.7 Å². The van der Waals surface area contributed by atoms with Gasteiger partial charge in [0, 0.05) is 25.3 Å². The molecule has 0 aromatic heterocycles. The number of rotatable bonds is 6. The van der Waals surface area contributed by atoms with E-state index in [2.05, 4.69) is 5.32 Å². The molecule has 0 bridgehead atoms. The third-order valence-electron chi connectivity index (χ3n) is 4.03. The fraction of sp³-hybridized carbons (Fsp3) is 0.533. The molecule has 0 aliphatic carbocycles. The smallest absolute Gasteiger partial charge is 0.322 e. The molecule has 0 radical (unpaired) electrons. The molecule has 3 N–H and O–H groups in total. The summed E-state index contributed by atoms with van der Waals surface area (Å²) in [6.45, 7) is 4.54. The molecule has 0 saturated carbocycles. The van der Waals surface area contributed by atoms with E-state index in [9.17, 15) is 4.79 Å². The standard InChI is InChI=1S/C15H25N3O2/c1-5-15(6-2,11-16)18(3)14(19)17-12-8-7-9-13(10-12)20-4/h7-10H,5-6,11,16H2,1-4H3,(H,17,19). The molecule has 0 atom stereocenters. The SMILES string of the molecule is CCC(CC)(CN)N(C)C(=O)Nc1cccc(OC)c1.